The van der Waals surface area contributed by atoms with E-state index in [0.29, 0.717) is 18.7 Å². The highest BCUT2D eigenvalue weighted by molar-refractivity contribution is 7.92. The van der Waals surface area contributed by atoms with Crippen LogP contribution in [-0.4, -0.2) is 20.9 Å². The average molecular weight is 330 g/mol. The van der Waals surface area contributed by atoms with Crippen LogP contribution in [0.5, 0.6) is 0 Å². The molecule has 1 aliphatic rings. The van der Waals surface area contributed by atoms with Crippen LogP contribution in [0.3, 0.4) is 0 Å². The maximum Gasteiger partial charge on any atom is 0.261 e. The zero-order valence-electron chi connectivity index (χ0n) is 12.8. The van der Waals surface area contributed by atoms with Crippen molar-refractivity contribution in [3.05, 3.63) is 54.1 Å². The van der Waals surface area contributed by atoms with Gasteiger partial charge in [-0.2, -0.15) is 0 Å². The number of hydrogen-bond acceptors (Lipinski definition) is 3. The standard InChI is InChI=1S/C17H18N2O3S/c1-13-12-15(9-10-16(13)19-11-5-8-17(19)20)23(21,22)18-14-6-3-2-4-7-14/h2-4,6-7,9-10,12,18H,5,8,11H2,1H3. The Morgan fingerprint density at radius 3 is 2.43 bits per heavy atom. The van der Waals surface area contributed by atoms with E-state index in [1.165, 1.54) is 0 Å². The van der Waals surface area contributed by atoms with Gasteiger partial charge in [0.05, 0.1) is 4.90 Å². The zero-order chi connectivity index (χ0) is 16.4. The monoisotopic (exact) mass is 330 g/mol. The van der Waals surface area contributed by atoms with Crippen LogP contribution in [0.15, 0.2) is 53.4 Å². The number of sulfonamides is 1. The van der Waals surface area contributed by atoms with E-state index >= 15 is 0 Å². The fraction of sp³-hybridized carbons (Fsp3) is 0.235. The Hall–Kier alpha value is -2.34. The van der Waals surface area contributed by atoms with Gasteiger partial charge in [0.1, 0.15) is 0 Å². The first-order valence-corrected chi connectivity index (χ1v) is 8.94. The number of nitrogens with one attached hydrogen (secondary N) is 1. The first-order valence-electron chi connectivity index (χ1n) is 7.46. The average Bonchev–Trinajstić information content (AvgIpc) is 2.94. The summed E-state index contributed by atoms with van der Waals surface area (Å²) in [5.74, 6) is 0.0890. The summed E-state index contributed by atoms with van der Waals surface area (Å²) in [6.07, 6.45) is 1.39. The number of benzene rings is 2. The van der Waals surface area contributed by atoms with Gasteiger partial charge >= 0.3 is 0 Å². The molecule has 6 heteroatoms. The Morgan fingerprint density at radius 1 is 1.09 bits per heavy atom. The third-order valence-corrected chi connectivity index (χ3v) is 5.25. The minimum absolute atomic E-state index is 0.0890. The lowest BCUT2D eigenvalue weighted by Crippen LogP contribution is -2.24. The summed E-state index contributed by atoms with van der Waals surface area (Å²) in [5.41, 5.74) is 2.08. The van der Waals surface area contributed by atoms with Crippen molar-refractivity contribution in [1.29, 1.82) is 0 Å². The molecule has 2 aromatic rings. The van der Waals surface area contributed by atoms with Crippen LogP contribution < -0.4 is 9.62 Å². The van der Waals surface area contributed by atoms with E-state index in [4.69, 9.17) is 0 Å². The lowest BCUT2D eigenvalue weighted by atomic mass is 10.2. The van der Waals surface area contributed by atoms with Crippen LogP contribution in [0.25, 0.3) is 0 Å². The van der Waals surface area contributed by atoms with Crippen molar-refractivity contribution in [2.24, 2.45) is 0 Å². The second-order valence-corrected chi connectivity index (χ2v) is 7.25. The van der Waals surface area contributed by atoms with Gasteiger partial charge in [0.2, 0.25) is 5.91 Å². The van der Waals surface area contributed by atoms with Crippen molar-refractivity contribution in [1.82, 2.24) is 0 Å². The summed E-state index contributed by atoms with van der Waals surface area (Å²) < 4.78 is 27.5. The molecule has 0 aliphatic carbocycles. The predicted octanol–water partition coefficient (Wildman–Crippen LogP) is 2.92. The molecule has 1 fully saturated rings. The highest BCUT2D eigenvalue weighted by atomic mass is 32.2. The lowest BCUT2D eigenvalue weighted by molar-refractivity contribution is -0.117. The number of carbonyl (C=O) groups excluding carboxylic acids is 1. The smallest absolute Gasteiger partial charge is 0.261 e. The molecule has 23 heavy (non-hydrogen) atoms. The molecular formula is C17H18N2O3S. The molecule has 0 unspecified atom stereocenters. The van der Waals surface area contributed by atoms with Crippen LogP contribution >= 0.6 is 0 Å². The second kappa shape index (κ2) is 6.04. The fourth-order valence-corrected chi connectivity index (χ4v) is 3.86. The van der Waals surface area contributed by atoms with Gasteiger partial charge in [0, 0.05) is 24.3 Å². The molecule has 1 aliphatic heterocycles. The third kappa shape index (κ3) is 3.22. The Bertz CT molecular complexity index is 832. The first kappa shape index (κ1) is 15.6. The first-order chi connectivity index (χ1) is 11.0. The molecule has 0 bridgehead atoms. The van der Waals surface area contributed by atoms with E-state index in [9.17, 15) is 13.2 Å². The van der Waals surface area contributed by atoms with Gasteiger partial charge < -0.3 is 4.90 Å². The summed E-state index contributed by atoms with van der Waals surface area (Å²) >= 11 is 0. The fourth-order valence-electron chi connectivity index (χ4n) is 2.72. The number of para-hydroxylation sites is 1. The van der Waals surface area contributed by atoms with E-state index in [1.807, 2.05) is 13.0 Å². The molecule has 120 valence electrons. The molecule has 0 aromatic heterocycles. The van der Waals surface area contributed by atoms with E-state index in [2.05, 4.69) is 4.72 Å². The third-order valence-electron chi connectivity index (χ3n) is 3.87. The summed E-state index contributed by atoms with van der Waals surface area (Å²) in [5, 5.41) is 0. The maximum atomic E-state index is 12.5. The van der Waals surface area contributed by atoms with Crippen LogP contribution in [0, 0.1) is 6.92 Å². The lowest BCUT2D eigenvalue weighted by Gasteiger charge is -2.19. The summed E-state index contributed by atoms with van der Waals surface area (Å²) in [7, 11) is -3.64. The molecule has 0 atom stereocenters. The van der Waals surface area contributed by atoms with Gasteiger partial charge in [-0.05, 0) is 49.2 Å². The molecule has 0 saturated carbocycles. The number of aryl methyl sites for hydroxylation is 1. The van der Waals surface area contributed by atoms with Gasteiger partial charge in [-0.15, -0.1) is 0 Å². The van der Waals surface area contributed by atoms with Crippen LogP contribution in [0.4, 0.5) is 11.4 Å². The number of carbonyl (C=O) groups is 1. The topological polar surface area (TPSA) is 66.5 Å². The molecule has 3 rings (SSSR count). The predicted molar refractivity (Wildman–Crippen MR) is 90.0 cm³/mol. The number of hydrogen-bond donors (Lipinski definition) is 1. The van der Waals surface area contributed by atoms with E-state index in [1.54, 1.807) is 47.4 Å². The van der Waals surface area contributed by atoms with Gasteiger partial charge in [-0.25, -0.2) is 8.42 Å². The Morgan fingerprint density at radius 2 is 1.83 bits per heavy atom. The van der Waals surface area contributed by atoms with E-state index in [-0.39, 0.29) is 10.8 Å². The Labute approximate surface area is 136 Å². The molecule has 0 radical (unpaired) electrons. The normalized spacial score (nSPS) is 15.0. The zero-order valence-corrected chi connectivity index (χ0v) is 13.6. The van der Waals surface area contributed by atoms with Crippen LogP contribution in [-0.2, 0) is 14.8 Å². The van der Waals surface area contributed by atoms with E-state index < -0.39 is 10.0 Å². The molecule has 0 spiro atoms. The highest BCUT2D eigenvalue weighted by Crippen LogP contribution is 2.27. The Balaban J connectivity index is 1.89. The SMILES string of the molecule is Cc1cc(S(=O)(=O)Nc2ccccc2)ccc1N1CCCC1=O. The summed E-state index contributed by atoms with van der Waals surface area (Å²) in [4.78, 5) is 13.8. The summed E-state index contributed by atoms with van der Waals surface area (Å²) in [6.45, 7) is 2.51. The van der Waals surface area contributed by atoms with Crippen molar-refractivity contribution in [3.8, 4) is 0 Å². The molecule has 5 nitrogen and oxygen atoms in total. The van der Waals surface area contributed by atoms with Gasteiger partial charge in [0.25, 0.3) is 10.0 Å². The van der Waals surface area contributed by atoms with Crippen molar-refractivity contribution in [2.75, 3.05) is 16.2 Å². The molecule has 1 amide bonds. The maximum absolute atomic E-state index is 12.5. The number of nitrogens with zero attached hydrogens (tertiary/aromatic N) is 1. The molecule has 1 saturated heterocycles. The van der Waals surface area contributed by atoms with Crippen molar-refractivity contribution < 1.29 is 13.2 Å². The number of anilines is 2. The van der Waals surface area contributed by atoms with Crippen LogP contribution in [0.1, 0.15) is 18.4 Å². The minimum atomic E-state index is -3.64. The molecule has 1 N–H and O–H groups in total. The number of rotatable bonds is 4. The van der Waals surface area contributed by atoms with Gasteiger partial charge in [0.15, 0.2) is 0 Å². The van der Waals surface area contributed by atoms with Crippen molar-refractivity contribution in [2.45, 2.75) is 24.7 Å². The molecule has 2 aromatic carbocycles. The largest absolute Gasteiger partial charge is 0.312 e. The van der Waals surface area contributed by atoms with E-state index in [0.717, 1.165) is 17.7 Å². The Kier molecular flexibility index (Phi) is 4.09. The second-order valence-electron chi connectivity index (χ2n) is 5.57. The van der Waals surface area contributed by atoms with Gasteiger partial charge in [-0.1, -0.05) is 18.2 Å². The minimum Gasteiger partial charge on any atom is -0.312 e. The summed E-state index contributed by atoms with van der Waals surface area (Å²) in [6, 6.07) is 13.6. The highest BCUT2D eigenvalue weighted by Gasteiger charge is 2.24. The van der Waals surface area contributed by atoms with Crippen molar-refractivity contribution >= 4 is 27.3 Å². The number of amides is 1. The van der Waals surface area contributed by atoms with Gasteiger partial charge in [-0.3, -0.25) is 9.52 Å². The molecular weight excluding hydrogens is 312 g/mol. The van der Waals surface area contributed by atoms with Crippen LogP contribution in [0.2, 0.25) is 0 Å². The van der Waals surface area contributed by atoms with Crippen molar-refractivity contribution in [3.63, 3.8) is 0 Å². The molecule has 1 heterocycles. The quantitative estimate of drug-likeness (QED) is 0.937.